The maximum absolute atomic E-state index is 12.7. The Morgan fingerprint density at radius 3 is 2.79 bits per heavy atom. The summed E-state index contributed by atoms with van der Waals surface area (Å²) in [5, 5.41) is 1.96. The second kappa shape index (κ2) is 7.51. The van der Waals surface area contributed by atoms with Gasteiger partial charge in [0.05, 0.1) is 21.8 Å². The normalized spacial score (nSPS) is 19.8. The van der Waals surface area contributed by atoms with E-state index in [0.29, 0.717) is 13.0 Å². The molecule has 3 heterocycles. The highest BCUT2D eigenvalue weighted by molar-refractivity contribution is 9.11. The fourth-order valence-electron chi connectivity index (χ4n) is 2.65. The Bertz CT molecular complexity index is 840. The molecule has 1 atom stereocenters. The first-order valence-corrected chi connectivity index (χ1v) is 11.7. The first-order chi connectivity index (χ1) is 11.4. The summed E-state index contributed by atoms with van der Waals surface area (Å²) in [5.41, 5.74) is 0. The zero-order chi connectivity index (χ0) is 17.2. The number of halogens is 1. The molecule has 0 saturated carbocycles. The maximum Gasteiger partial charge on any atom is 0.247 e. The molecule has 2 aromatic rings. The highest BCUT2D eigenvalue weighted by atomic mass is 79.9. The first kappa shape index (κ1) is 17.8. The van der Waals surface area contributed by atoms with E-state index in [1.54, 1.807) is 33.6 Å². The van der Waals surface area contributed by atoms with Gasteiger partial charge in [-0.25, -0.2) is 8.42 Å². The fraction of sp³-hybridized carbons (Fsp3) is 0.312. The van der Waals surface area contributed by atoms with Crippen molar-refractivity contribution in [2.24, 2.45) is 0 Å². The molecule has 1 amide bonds. The van der Waals surface area contributed by atoms with Gasteiger partial charge >= 0.3 is 0 Å². The number of carbonyl (C=O) groups is 1. The molecule has 1 fully saturated rings. The zero-order valence-electron chi connectivity index (χ0n) is 12.7. The molecule has 0 bridgehead atoms. The number of carbonyl (C=O) groups excluding carboxylic acids is 1. The quantitative estimate of drug-likeness (QED) is 0.657. The van der Waals surface area contributed by atoms with E-state index in [9.17, 15) is 13.2 Å². The molecule has 1 saturated heterocycles. The lowest BCUT2D eigenvalue weighted by Crippen LogP contribution is -2.39. The van der Waals surface area contributed by atoms with Gasteiger partial charge in [0, 0.05) is 21.9 Å². The van der Waals surface area contributed by atoms with Gasteiger partial charge in [-0.05, 0) is 52.0 Å². The van der Waals surface area contributed by atoms with Crippen LogP contribution in [0.5, 0.6) is 0 Å². The number of thiophene rings is 2. The lowest BCUT2D eigenvalue weighted by atomic mass is 10.2. The number of nitrogens with zero attached hydrogens (tertiary/aromatic N) is 1. The molecule has 8 heteroatoms. The summed E-state index contributed by atoms with van der Waals surface area (Å²) < 4.78 is 24.6. The van der Waals surface area contributed by atoms with Gasteiger partial charge in [-0.15, -0.1) is 22.7 Å². The molecule has 1 aliphatic rings. The molecular formula is C16H16BrNO3S3. The zero-order valence-corrected chi connectivity index (χ0v) is 16.8. The summed E-state index contributed by atoms with van der Waals surface area (Å²) in [5.74, 6) is 0.0747. The standard InChI is InChI=1S/C16H16BrNO3S3/c17-15-5-3-13(23-15)4-6-16(19)18(10-14-2-1-8-22-14)12-7-9-24(20,21)11-12/h1-6,8,12H,7,9-11H2/b6-4+. The summed E-state index contributed by atoms with van der Waals surface area (Å²) in [6.07, 6.45) is 3.83. The van der Waals surface area contributed by atoms with Crippen LogP contribution in [-0.4, -0.2) is 36.8 Å². The van der Waals surface area contributed by atoms with E-state index >= 15 is 0 Å². The summed E-state index contributed by atoms with van der Waals surface area (Å²) in [6, 6.07) is 7.52. The lowest BCUT2D eigenvalue weighted by molar-refractivity contribution is -0.128. The van der Waals surface area contributed by atoms with Gasteiger partial charge in [0.2, 0.25) is 5.91 Å². The molecule has 0 spiro atoms. The molecule has 0 aromatic carbocycles. The van der Waals surface area contributed by atoms with Crippen molar-refractivity contribution >= 4 is 60.4 Å². The number of sulfone groups is 1. The molecule has 0 N–H and O–H groups in total. The van der Waals surface area contributed by atoms with Crippen LogP contribution in [0.3, 0.4) is 0 Å². The molecule has 0 aliphatic carbocycles. The topological polar surface area (TPSA) is 54.5 Å². The minimum absolute atomic E-state index is 0.0580. The highest BCUT2D eigenvalue weighted by Crippen LogP contribution is 2.25. The van der Waals surface area contributed by atoms with E-state index in [1.165, 1.54) is 6.08 Å². The minimum atomic E-state index is -3.04. The van der Waals surface area contributed by atoms with Crippen molar-refractivity contribution in [1.29, 1.82) is 0 Å². The molecule has 2 aromatic heterocycles. The third kappa shape index (κ3) is 4.56. The van der Waals surface area contributed by atoms with Crippen LogP contribution in [0.2, 0.25) is 0 Å². The Morgan fingerprint density at radius 1 is 1.38 bits per heavy atom. The van der Waals surface area contributed by atoms with Crippen LogP contribution in [0.15, 0.2) is 39.5 Å². The SMILES string of the molecule is O=C(/C=C/c1ccc(Br)s1)N(Cc1cccs1)C1CCS(=O)(=O)C1. The molecule has 3 rings (SSSR count). The Kier molecular flexibility index (Phi) is 5.59. The van der Waals surface area contributed by atoms with E-state index < -0.39 is 9.84 Å². The fourth-order valence-corrected chi connectivity index (χ4v) is 6.41. The van der Waals surface area contributed by atoms with Crippen LogP contribution < -0.4 is 0 Å². The van der Waals surface area contributed by atoms with Crippen molar-refractivity contribution in [3.05, 3.63) is 49.3 Å². The lowest BCUT2D eigenvalue weighted by Gasteiger charge is -2.26. The van der Waals surface area contributed by atoms with E-state index in [-0.39, 0.29) is 23.5 Å². The monoisotopic (exact) mass is 445 g/mol. The van der Waals surface area contributed by atoms with Crippen molar-refractivity contribution in [2.45, 2.75) is 19.0 Å². The maximum atomic E-state index is 12.7. The van der Waals surface area contributed by atoms with Gasteiger partial charge in [0.15, 0.2) is 9.84 Å². The van der Waals surface area contributed by atoms with Gasteiger partial charge in [-0.2, -0.15) is 0 Å². The summed E-state index contributed by atoms with van der Waals surface area (Å²) in [7, 11) is -3.04. The van der Waals surface area contributed by atoms with E-state index in [0.717, 1.165) is 13.5 Å². The molecular weight excluding hydrogens is 430 g/mol. The number of hydrogen-bond acceptors (Lipinski definition) is 5. The van der Waals surface area contributed by atoms with Crippen molar-refractivity contribution in [1.82, 2.24) is 4.90 Å². The minimum Gasteiger partial charge on any atom is -0.330 e. The van der Waals surface area contributed by atoms with Gasteiger partial charge in [-0.1, -0.05) is 6.07 Å². The molecule has 128 valence electrons. The molecule has 1 aliphatic heterocycles. The number of hydrogen-bond donors (Lipinski definition) is 0. The van der Waals surface area contributed by atoms with Crippen LogP contribution in [0.1, 0.15) is 16.2 Å². The predicted octanol–water partition coefficient (Wildman–Crippen LogP) is 3.80. The average molecular weight is 446 g/mol. The molecule has 24 heavy (non-hydrogen) atoms. The number of amides is 1. The Morgan fingerprint density at radius 2 is 2.21 bits per heavy atom. The summed E-state index contributed by atoms with van der Waals surface area (Å²) in [4.78, 5) is 16.4. The Balaban J connectivity index is 1.78. The van der Waals surface area contributed by atoms with Crippen LogP contribution in [0, 0.1) is 0 Å². The van der Waals surface area contributed by atoms with Crippen molar-refractivity contribution in [3.8, 4) is 0 Å². The summed E-state index contributed by atoms with van der Waals surface area (Å²) >= 11 is 6.52. The third-order valence-corrected chi connectivity index (χ3v) is 8.02. The van der Waals surface area contributed by atoms with Crippen molar-refractivity contribution in [2.75, 3.05) is 11.5 Å². The van der Waals surface area contributed by atoms with E-state index in [1.807, 2.05) is 29.6 Å². The van der Waals surface area contributed by atoms with Crippen LogP contribution in [0.4, 0.5) is 0 Å². The number of rotatable bonds is 5. The Hall–Kier alpha value is -0.960. The second-order valence-corrected chi connectivity index (χ2v) is 11.3. The van der Waals surface area contributed by atoms with Gasteiger partial charge in [-0.3, -0.25) is 4.79 Å². The first-order valence-electron chi connectivity index (χ1n) is 7.40. The molecule has 4 nitrogen and oxygen atoms in total. The summed E-state index contributed by atoms with van der Waals surface area (Å²) in [6.45, 7) is 0.454. The van der Waals surface area contributed by atoms with Crippen LogP contribution in [-0.2, 0) is 21.2 Å². The largest absolute Gasteiger partial charge is 0.330 e. The highest BCUT2D eigenvalue weighted by Gasteiger charge is 2.34. The molecule has 1 unspecified atom stereocenters. The van der Waals surface area contributed by atoms with Gasteiger partial charge in [0.1, 0.15) is 0 Å². The average Bonchev–Trinajstić information content (AvgIpc) is 3.24. The Labute approximate surface area is 157 Å². The predicted molar refractivity (Wildman–Crippen MR) is 103 cm³/mol. The smallest absolute Gasteiger partial charge is 0.247 e. The second-order valence-electron chi connectivity index (χ2n) is 5.58. The van der Waals surface area contributed by atoms with Gasteiger partial charge in [0.25, 0.3) is 0 Å². The van der Waals surface area contributed by atoms with Crippen molar-refractivity contribution < 1.29 is 13.2 Å². The van der Waals surface area contributed by atoms with Crippen molar-refractivity contribution in [3.63, 3.8) is 0 Å². The van der Waals surface area contributed by atoms with E-state index in [2.05, 4.69) is 15.9 Å². The molecule has 0 radical (unpaired) electrons. The van der Waals surface area contributed by atoms with E-state index in [4.69, 9.17) is 0 Å². The van der Waals surface area contributed by atoms with Crippen LogP contribution >= 0.6 is 38.6 Å². The van der Waals surface area contributed by atoms with Crippen LogP contribution in [0.25, 0.3) is 6.08 Å². The van der Waals surface area contributed by atoms with Gasteiger partial charge < -0.3 is 4.90 Å². The third-order valence-electron chi connectivity index (χ3n) is 3.82.